The van der Waals surface area contributed by atoms with E-state index in [0.29, 0.717) is 12.6 Å². The summed E-state index contributed by atoms with van der Waals surface area (Å²) in [6, 6.07) is 8.93. The first kappa shape index (κ1) is 14.0. The van der Waals surface area contributed by atoms with Gasteiger partial charge in [-0.25, -0.2) is 0 Å². The smallest absolute Gasteiger partial charge is 0.246 e. The quantitative estimate of drug-likeness (QED) is 0.867. The van der Waals surface area contributed by atoms with Crippen LogP contribution in [0.2, 0.25) is 0 Å². The van der Waals surface area contributed by atoms with Gasteiger partial charge < -0.3 is 10.1 Å². The molecule has 19 heavy (non-hydrogen) atoms. The molecular formula is C15H22N2O2. The molecule has 1 aliphatic heterocycles. The molecule has 4 heteroatoms. The van der Waals surface area contributed by atoms with Crippen molar-refractivity contribution in [3.8, 4) is 0 Å². The van der Waals surface area contributed by atoms with Crippen LogP contribution in [0.5, 0.6) is 0 Å². The van der Waals surface area contributed by atoms with E-state index in [0.717, 1.165) is 19.5 Å². The summed E-state index contributed by atoms with van der Waals surface area (Å²) in [6.07, 6.45) is 1.09. The minimum atomic E-state index is -0.0493. The molecule has 0 unspecified atom stereocenters. The Morgan fingerprint density at radius 2 is 2.16 bits per heavy atom. The number of carbonyl (C=O) groups is 1. The molecule has 104 valence electrons. The SMILES string of the molecule is COCC(=O)NC[C@@H](C)N1CCc2ccccc2C1. The minimum absolute atomic E-state index is 0.0493. The summed E-state index contributed by atoms with van der Waals surface area (Å²) >= 11 is 0. The van der Waals surface area contributed by atoms with Crippen LogP contribution in [0.15, 0.2) is 24.3 Å². The Bertz CT molecular complexity index is 434. The van der Waals surface area contributed by atoms with Crippen LogP contribution in [0, 0.1) is 0 Å². The standard InChI is InChI=1S/C15H22N2O2/c1-12(9-16-15(18)11-19-2)17-8-7-13-5-3-4-6-14(13)10-17/h3-6,12H,7-11H2,1-2H3,(H,16,18)/t12-/m1/s1. The highest BCUT2D eigenvalue weighted by Crippen LogP contribution is 2.19. The van der Waals surface area contributed by atoms with Crippen LogP contribution < -0.4 is 5.32 Å². The zero-order chi connectivity index (χ0) is 13.7. The summed E-state index contributed by atoms with van der Waals surface area (Å²) in [5, 5.41) is 2.90. The lowest BCUT2D eigenvalue weighted by molar-refractivity contribution is -0.124. The first-order valence-electron chi connectivity index (χ1n) is 6.77. The molecule has 0 aliphatic carbocycles. The highest BCUT2D eigenvalue weighted by Gasteiger charge is 2.20. The minimum Gasteiger partial charge on any atom is -0.375 e. The Kier molecular flexibility index (Phi) is 4.93. The molecule has 0 saturated carbocycles. The summed E-state index contributed by atoms with van der Waals surface area (Å²) in [7, 11) is 1.53. The lowest BCUT2D eigenvalue weighted by atomic mass is 9.99. The Balaban J connectivity index is 1.85. The summed E-state index contributed by atoms with van der Waals surface area (Å²) in [5.41, 5.74) is 2.86. The first-order chi connectivity index (χ1) is 9.20. The van der Waals surface area contributed by atoms with Gasteiger partial charge in [0, 0.05) is 32.8 Å². The van der Waals surface area contributed by atoms with Crippen LogP contribution in [0.3, 0.4) is 0 Å². The van der Waals surface area contributed by atoms with Crippen molar-refractivity contribution in [2.45, 2.75) is 25.9 Å². The maximum absolute atomic E-state index is 11.4. The predicted molar refractivity (Wildman–Crippen MR) is 74.9 cm³/mol. The molecular weight excluding hydrogens is 240 g/mol. The average molecular weight is 262 g/mol. The van der Waals surface area contributed by atoms with Crippen molar-refractivity contribution in [3.63, 3.8) is 0 Å². The van der Waals surface area contributed by atoms with Gasteiger partial charge in [0.25, 0.3) is 0 Å². The van der Waals surface area contributed by atoms with Gasteiger partial charge in [0.05, 0.1) is 0 Å². The van der Waals surface area contributed by atoms with E-state index in [9.17, 15) is 4.79 Å². The molecule has 0 saturated heterocycles. The summed E-state index contributed by atoms with van der Waals surface area (Å²) in [6.45, 7) is 4.98. The Morgan fingerprint density at radius 1 is 1.42 bits per heavy atom. The topological polar surface area (TPSA) is 41.6 Å². The van der Waals surface area contributed by atoms with Gasteiger partial charge in [-0.05, 0) is 24.5 Å². The Hall–Kier alpha value is -1.39. The van der Waals surface area contributed by atoms with E-state index in [1.807, 2.05) is 0 Å². The van der Waals surface area contributed by atoms with Crippen LogP contribution in [-0.2, 0) is 22.5 Å². The molecule has 1 atom stereocenters. The number of nitrogens with one attached hydrogen (secondary N) is 1. The van der Waals surface area contributed by atoms with Crippen molar-refractivity contribution in [2.24, 2.45) is 0 Å². The van der Waals surface area contributed by atoms with Crippen molar-refractivity contribution in [2.75, 3.05) is 26.8 Å². The highest BCUT2D eigenvalue weighted by molar-refractivity contribution is 5.77. The molecule has 1 amide bonds. The summed E-state index contributed by atoms with van der Waals surface area (Å²) in [4.78, 5) is 13.8. The van der Waals surface area contributed by atoms with Crippen molar-refractivity contribution < 1.29 is 9.53 Å². The average Bonchev–Trinajstić information content (AvgIpc) is 2.44. The lowest BCUT2D eigenvalue weighted by Gasteiger charge is -2.33. The number of amides is 1. The second-order valence-electron chi connectivity index (χ2n) is 5.08. The van der Waals surface area contributed by atoms with Gasteiger partial charge in [-0.3, -0.25) is 9.69 Å². The van der Waals surface area contributed by atoms with Crippen molar-refractivity contribution in [3.05, 3.63) is 35.4 Å². The fraction of sp³-hybridized carbons (Fsp3) is 0.533. The first-order valence-corrected chi connectivity index (χ1v) is 6.77. The molecule has 1 heterocycles. The van der Waals surface area contributed by atoms with E-state index < -0.39 is 0 Å². The van der Waals surface area contributed by atoms with E-state index in [1.54, 1.807) is 0 Å². The zero-order valence-corrected chi connectivity index (χ0v) is 11.7. The second-order valence-corrected chi connectivity index (χ2v) is 5.08. The molecule has 0 radical (unpaired) electrons. The third-order valence-electron chi connectivity index (χ3n) is 3.65. The third-order valence-corrected chi connectivity index (χ3v) is 3.65. The zero-order valence-electron chi connectivity index (χ0n) is 11.7. The van der Waals surface area contributed by atoms with E-state index in [-0.39, 0.29) is 12.5 Å². The highest BCUT2D eigenvalue weighted by atomic mass is 16.5. The largest absolute Gasteiger partial charge is 0.375 e. The van der Waals surface area contributed by atoms with Crippen LogP contribution in [0.25, 0.3) is 0 Å². The van der Waals surface area contributed by atoms with Gasteiger partial charge in [0.2, 0.25) is 5.91 Å². The summed E-state index contributed by atoms with van der Waals surface area (Å²) in [5.74, 6) is -0.0493. The van der Waals surface area contributed by atoms with Gasteiger partial charge in [0.15, 0.2) is 0 Å². The van der Waals surface area contributed by atoms with Crippen LogP contribution in [0.1, 0.15) is 18.1 Å². The molecule has 4 nitrogen and oxygen atoms in total. The van der Waals surface area contributed by atoms with Crippen molar-refractivity contribution in [1.29, 1.82) is 0 Å². The van der Waals surface area contributed by atoms with Crippen molar-refractivity contribution in [1.82, 2.24) is 10.2 Å². The van der Waals surface area contributed by atoms with Crippen LogP contribution in [0.4, 0.5) is 0 Å². The third kappa shape index (κ3) is 3.78. The van der Waals surface area contributed by atoms with Crippen LogP contribution >= 0.6 is 0 Å². The fourth-order valence-corrected chi connectivity index (χ4v) is 2.47. The van der Waals surface area contributed by atoms with Gasteiger partial charge in [0.1, 0.15) is 6.61 Å². The van der Waals surface area contributed by atoms with E-state index in [1.165, 1.54) is 18.2 Å². The lowest BCUT2D eigenvalue weighted by Crippen LogP contribution is -2.44. The van der Waals surface area contributed by atoms with Crippen LogP contribution in [-0.4, -0.2) is 43.7 Å². The van der Waals surface area contributed by atoms with Crippen molar-refractivity contribution >= 4 is 5.91 Å². The van der Waals surface area contributed by atoms with E-state index in [4.69, 9.17) is 4.74 Å². The van der Waals surface area contributed by atoms with Gasteiger partial charge >= 0.3 is 0 Å². The number of rotatable bonds is 5. The maximum atomic E-state index is 11.4. The number of ether oxygens (including phenoxy) is 1. The Labute approximate surface area is 114 Å². The monoisotopic (exact) mass is 262 g/mol. The number of nitrogens with zero attached hydrogens (tertiary/aromatic N) is 1. The number of hydrogen-bond donors (Lipinski definition) is 1. The summed E-state index contributed by atoms with van der Waals surface area (Å²) < 4.78 is 4.80. The molecule has 0 bridgehead atoms. The van der Waals surface area contributed by atoms with Gasteiger partial charge in [-0.15, -0.1) is 0 Å². The molecule has 1 aliphatic rings. The molecule has 0 fully saturated rings. The second kappa shape index (κ2) is 6.68. The van der Waals surface area contributed by atoms with Gasteiger partial charge in [-0.2, -0.15) is 0 Å². The van der Waals surface area contributed by atoms with Gasteiger partial charge in [-0.1, -0.05) is 24.3 Å². The number of carbonyl (C=O) groups excluding carboxylic acids is 1. The maximum Gasteiger partial charge on any atom is 0.246 e. The predicted octanol–water partition coefficient (Wildman–Crippen LogP) is 1.20. The fourth-order valence-electron chi connectivity index (χ4n) is 2.47. The molecule has 2 rings (SSSR count). The number of fused-ring (bicyclic) bond motifs is 1. The number of hydrogen-bond acceptors (Lipinski definition) is 3. The van der Waals surface area contributed by atoms with E-state index >= 15 is 0 Å². The molecule has 0 spiro atoms. The van der Waals surface area contributed by atoms with E-state index in [2.05, 4.69) is 41.4 Å². The molecule has 1 aromatic rings. The number of benzene rings is 1. The normalized spacial score (nSPS) is 16.7. The molecule has 1 N–H and O–H groups in total. The number of methoxy groups -OCH3 is 1. The molecule has 0 aromatic heterocycles. The molecule has 1 aromatic carbocycles. The Morgan fingerprint density at radius 3 is 2.89 bits per heavy atom.